The highest BCUT2D eigenvalue weighted by Gasteiger charge is 2.13. The third kappa shape index (κ3) is 3.15. The van der Waals surface area contributed by atoms with E-state index in [4.69, 9.17) is 10.7 Å². The maximum absolute atomic E-state index is 12.1. The summed E-state index contributed by atoms with van der Waals surface area (Å²) in [5, 5.41) is 4.96. The van der Waals surface area contributed by atoms with E-state index in [9.17, 15) is 4.79 Å². The largest absolute Gasteiger partial charge is 0.399 e. The van der Waals surface area contributed by atoms with E-state index in [1.54, 1.807) is 0 Å². The molecular weight excluding hydrogens is 300 g/mol. The molecule has 0 fully saturated rings. The molecule has 1 amide bonds. The van der Waals surface area contributed by atoms with Crippen molar-refractivity contribution >= 4 is 39.2 Å². The topological polar surface area (TPSA) is 80.9 Å². The van der Waals surface area contributed by atoms with E-state index >= 15 is 0 Å². The van der Waals surface area contributed by atoms with Gasteiger partial charge in [0.25, 0.3) is 0 Å². The monoisotopic (exact) mass is 322 g/mol. The molecule has 0 spiro atoms. The van der Waals surface area contributed by atoms with Gasteiger partial charge in [-0.3, -0.25) is 4.79 Å². The molecule has 0 unspecified atom stereocenters. The first-order valence-corrected chi connectivity index (χ1v) is 8.26. The second-order valence-electron chi connectivity index (χ2n) is 6.43. The molecule has 0 aliphatic heterocycles. The molecule has 0 saturated heterocycles. The third-order valence-corrected chi connectivity index (χ3v) is 3.93. The molecule has 2 aromatic carbocycles. The molecule has 0 bridgehead atoms. The van der Waals surface area contributed by atoms with Crippen molar-refractivity contribution in [1.82, 2.24) is 9.97 Å². The van der Waals surface area contributed by atoms with E-state index in [2.05, 4.69) is 10.3 Å². The van der Waals surface area contributed by atoms with Gasteiger partial charge in [0.15, 0.2) is 5.82 Å². The number of aromatic nitrogens is 2. The number of aryl methyl sites for hydroxylation is 1. The van der Waals surface area contributed by atoms with Gasteiger partial charge in [-0.25, -0.2) is 9.97 Å². The zero-order valence-corrected chi connectivity index (χ0v) is 14.3. The molecule has 3 rings (SSSR count). The van der Waals surface area contributed by atoms with Gasteiger partial charge < -0.3 is 11.1 Å². The van der Waals surface area contributed by atoms with E-state index in [0.29, 0.717) is 24.6 Å². The van der Waals surface area contributed by atoms with Crippen LogP contribution in [0.1, 0.15) is 32.9 Å². The summed E-state index contributed by atoms with van der Waals surface area (Å²) < 4.78 is 0. The van der Waals surface area contributed by atoms with Crippen molar-refractivity contribution in [3.63, 3.8) is 0 Å². The lowest BCUT2D eigenvalue weighted by atomic mass is 10.1. The van der Waals surface area contributed by atoms with Crippen molar-refractivity contribution in [1.29, 1.82) is 0 Å². The number of rotatable bonds is 4. The number of carbonyl (C=O) groups is 1. The highest BCUT2D eigenvalue weighted by atomic mass is 16.1. The van der Waals surface area contributed by atoms with Crippen LogP contribution in [0.4, 0.5) is 11.5 Å². The Hall–Kier alpha value is -2.69. The fourth-order valence-corrected chi connectivity index (χ4v) is 2.80. The van der Waals surface area contributed by atoms with E-state index in [-0.39, 0.29) is 5.91 Å². The second kappa shape index (κ2) is 6.43. The number of nitrogens with zero attached hydrogens (tertiary/aromatic N) is 2. The lowest BCUT2D eigenvalue weighted by molar-refractivity contribution is -0.116. The van der Waals surface area contributed by atoms with Crippen LogP contribution < -0.4 is 11.1 Å². The number of amides is 1. The number of hydrogen-bond donors (Lipinski definition) is 2. The van der Waals surface area contributed by atoms with Crippen LogP contribution in [0, 0.1) is 5.92 Å². The summed E-state index contributed by atoms with van der Waals surface area (Å²) in [5.41, 5.74) is 8.99. The summed E-state index contributed by atoms with van der Waals surface area (Å²) in [5.74, 6) is 0.838. The highest BCUT2D eigenvalue weighted by Crippen LogP contribution is 2.27. The van der Waals surface area contributed by atoms with Gasteiger partial charge in [0.05, 0.1) is 16.7 Å². The van der Waals surface area contributed by atoms with Crippen LogP contribution in [-0.2, 0) is 11.2 Å². The molecule has 3 aromatic rings. The van der Waals surface area contributed by atoms with Crippen LogP contribution in [0.15, 0.2) is 30.3 Å². The SMILES string of the molecule is CCc1nc2c(ccc3cc(N)ccc32)nc1NC(=O)CC(C)C. The lowest BCUT2D eigenvalue weighted by Crippen LogP contribution is -2.16. The summed E-state index contributed by atoms with van der Waals surface area (Å²) in [4.78, 5) is 21.5. The Balaban J connectivity index is 2.10. The Morgan fingerprint density at radius 2 is 2.00 bits per heavy atom. The maximum atomic E-state index is 12.1. The molecule has 0 aliphatic rings. The predicted molar refractivity (Wildman–Crippen MR) is 98.9 cm³/mol. The van der Waals surface area contributed by atoms with Crippen LogP contribution in [0.3, 0.4) is 0 Å². The van der Waals surface area contributed by atoms with E-state index in [0.717, 1.165) is 33.2 Å². The number of benzene rings is 2. The van der Waals surface area contributed by atoms with E-state index in [1.807, 2.05) is 51.1 Å². The summed E-state index contributed by atoms with van der Waals surface area (Å²) >= 11 is 0. The Bertz CT molecular complexity index is 918. The van der Waals surface area contributed by atoms with Crippen LogP contribution >= 0.6 is 0 Å². The summed E-state index contributed by atoms with van der Waals surface area (Å²) in [6, 6.07) is 9.67. The normalized spacial score (nSPS) is 11.3. The Labute approximate surface area is 141 Å². The molecule has 0 aliphatic carbocycles. The van der Waals surface area contributed by atoms with E-state index in [1.165, 1.54) is 0 Å². The van der Waals surface area contributed by atoms with Crippen LogP contribution in [0.25, 0.3) is 21.8 Å². The highest BCUT2D eigenvalue weighted by molar-refractivity contribution is 6.05. The van der Waals surface area contributed by atoms with Crippen molar-refractivity contribution in [2.75, 3.05) is 11.1 Å². The van der Waals surface area contributed by atoms with Gasteiger partial charge in [-0.2, -0.15) is 0 Å². The standard InChI is InChI=1S/C19H22N4O/c1-4-15-19(23-17(24)9-11(2)3)22-16-8-5-12-10-13(20)6-7-14(12)18(16)21-15/h5-8,10-11H,4,9,20H2,1-3H3,(H,22,23,24). The molecule has 1 aromatic heterocycles. The molecule has 0 saturated carbocycles. The number of fused-ring (bicyclic) bond motifs is 3. The lowest BCUT2D eigenvalue weighted by Gasteiger charge is -2.12. The van der Waals surface area contributed by atoms with Gasteiger partial charge >= 0.3 is 0 Å². The van der Waals surface area contributed by atoms with Gasteiger partial charge in [-0.05, 0) is 35.9 Å². The number of nitrogens with one attached hydrogen (secondary N) is 1. The quantitative estimate of drug-likeness (QED) is 0.563. The third-order valence-electron chi connectivity index (χ3n) is 3.93. The fraction of sp³-hybridized carbons (Fsp3) is 0.316. The van der Waals surface area contributed by atoms with Crippen molar-refractivity contribution in [3.05, 3.63) is 36.0 Å². The number of nitrogen functional groups attached to an aromatic ring is 1. The number of anilines is 2. The molecule has 5 heteroatoms. The second-order valence-corrected chi connectivity index (χ2v) is 6.43. The van der Waals surface area contributed by atoms with E-state index < -0.39 is 0 Å². The number of carbonyl (C=O) groups excluding carboxylic acids is 1. The van der Waals surface area contributed by atoms with Crippen LogP contribution in [0.2, 0.25) is 0 Å². The minimum absolute atomic E-state index is 0.0260. The maximum Gasteiger partial charge on any atom is 0.225 e. The van der Waals surface area contributed by atoms with Crippen molar-refractivity contribution < 1.29 is 4.79 Å². The van der Waals surface area contributed by atoms with Gasteiger partial charge in [0, 0.05) is 17.5 Å². The van der Waals surface area contributed by atoms with Crippen molar-refractivity contribution in [2.45, 2.75) is 33.6 Å². The molecule has 5 nitrogen and oxygen atoms in total. The Morgan fingerprint density at radius 1 is 1.21 bits per heavy atom. The predicted octanol–water partition coefficient (Wildman–Crippen LogP) is 3.91. The molecule has 1 heterocycles. The summed E-state index contributed by atoms with van der Waals surface area (Å²) in [6.45, 7) is 6.05. The average molecular weight is 322 g/mol. The molecule has 24 heavy (non-hydrogen) atoms. The Morgan fingerprint density at radius 3 is 2.71 bits per heavy atom. The molecule has 124 valence electrons. The summed E-state index contributed by atoms with van der Waals surface area (Å²) in [6.07, 6.45) is 1.17. The van der Waals surface area contributed by atoms with Gasteiger partial charge in [0.1, 0.15) is 0 Å². The average Bonchev–Trinajstić information content (AvgIpc) is 2.52. The Kier molecular flexibility index (Phi) is 4.34. The van der Waals surface area contributed by atoms with Gasteiger partial charge in [-0.15, -0.1) is 0 Å². The first-order valence-electron chi connectivity index (χ1n) is 8.26. The van der Waals surface area contributed by atoms with Crippen molar-refractivity contribution in [2.24, 2.45) is 5.92 Å². The minimum atomic E-state index is -0.0260. The number of nitrogens with two attached hydrogens (primary N) is 1. The van der Waals surface area contributed by atoms with Crippen LogP contribution in [0.5, 0.6) is 0 Å². The molecule has 0 atom stereocenters. The number of hydrogen-bond acceptors (Lipinski definition) is 4. The van der Waals surface area contributed by atoms with Gasteiger partial charge in [-0.1, -0.05) is 32.9 Å². The van der Waals surface area contributed by atoms with Crippen LogP contribution in [-0.4, -0.2) is 15.9 Å². The fourth-order valence-electron chi connectivity index (χ4n) is 2.80. The first kappa shape index (κ1) is 16.2. The molecule has 3 N–H and O–H groups in total. The smallest absolute Gasteiger partial charge is 0.225 e. The van der Waals surface area contributed by atoms with Crippen molar-refractivity contribution in [3.8, 4) is 0 Å². The minimum Gasteiger partial charge on any atom is -0.399 e. The zero-order valence-electron chi connectivity index (χ0n) is 14.3. The zero-order chi connectivity index (χ0) is 17.3. The first-order chi connectivity index (χ1) is 11.5. The molecule has 0 radical (unpaired) electrons. The van der Waals surface area contributed by atoms with Gasteiger partial charge in [0.2, 0.25) is 5.91 Å². The summed E-state index contributed by atoms with van der Waals surface area (Å²) in [7, 11) is 0. The molecular formula is C19H22N4O.